The van der Waals surface area contributed by atoms with Crippen LogP contribution in [0.1, 0.15) is 13.8 Å². The second kappa shape index (κ2) is 2.26. The Morgan fingerprint density at radius 2 is 2.00 bits per heavy atom. The fourth-order valence-corrected chi connectivity index (χ4v) is 0.0386. The predicted octanol–water partition coefficient (Wildman–Crippen LogP) is 1.41. The van der Waals surface area contributed by atoms with Gasteiger partial charge in [0.15, 0.2) is 0 Å². The van der Waals surface area contributed by atoms with Crippen molar-refractivity contribution in [2.45, 2.75) is 13.8 Å². The summed E-state index contributed by atoms with van der Waals surface area (Å²) >= 11 is 0. The van der Waals surface area contributed by atoms with Gasteiger partial charge >= 0.3 is 0 Å². The lowest BCUT2D eigenvalue weighted by Crippen LogP contribution is -2.17. The highest BCUT2D eigenvalue weighted by Crippen LogP contribution is 2.12. The van der Waals surface area contributed by atoms with E-state index in [9.17, 15) is 9.50 Å². The largest absolute Gasteiger partial charge is 0.250 e. The van der Waals surface area contributed by atoms with E-state index in [2.05, 4.69) is 0 Å². The van der Waals surface area contributed by atoms with Crippen LogP contribution in [0.5, 0.6) is 0 Å². The van der Waals surface area contributed by atoms with Gasteiger partial charge in [0, 0.05) is 5.41 Å². The Hall–Kier alpha value is -0.110. The van der Waals surface area contributed by atoms with Gasteiger partial charge in [0.2, 0.25) is 0 Å². The standard InChI is InChI=1S/C5H10FO/c1-5(2,3-6)4-7/h3-4H2,1-2H3. The molecule has 0 aromatic rings. The molecule has 0 saturated heterocycles. The van der Waals surface area contributed by atoms with Crippen molar-refractivity contribution in [2.75, 3.05) is 13.3 Å². The van der Waals surface area contributed by atoms with Crippen LogP contribution in [-0.2, 0) is 5.11 Å². The molecule has 1 radical (unpaired) electrons. The Balaban J connectivity index is 3.36. The van der Waals surface area contributed by atoms with E-state index < -0.39 is 12.1 Å². The summed E-state index contributed by atoms with van der Waals surface area (Å²) in [5.74, 6) is 0. The minimum atomic E-state index is -0.639. The number of halogens is 1. The molecule has 0 aliphatic heterocycles. The number of hydrogen-bond acceptors (Lipinski definition) is 0. The lowest BCUT2D eigenvalue weighted by atomic mass is 9.98. The van der Waals surface area contributed by atoms with Crippen molar-refractivity contribution < 1.29 is 9.50 Å². The summed E-state index contributed by atoms with van der Waals surface area (Å²) in [6.45, 7) is 2.38. The first kappa shape index (κ1) is 6.89. The van der Waals surface area contributed by atoms with Gasteiger partial charge < -0.3 is 0 Å². The zero-order valence-electron chi connectivity index (χ0n) is 4.70. The highest BCUT2D eigenvalue weighted by Gasteiger charge is 2.15. The van der Waals surface area contributed by atoms with E-state index in [1.54, 1.807) is 13.8 Å². The van der Waals surface area contributed by atoms with Gasteiger partial charge in [-0.15, -0.1) is 0 Å². The van der Waals surface area contributed by atoms with Gasteiger partial charge in [-0.05, 0) is 0 Å². The topological polar surface area (TPSA) is 19.9 Å². The van der Waals surface area contributed by atoms with Crippen molar-refractivity contribution >= 4 is 0 Å². The highest BCUT2D eigenvalue weighted by molar-refractivity contribution is 4.63. The Bertz CT molecular complexity index is 46.0. The third-order valence-corrected chi connectivity index (χ3v) is 0.752. The first-order chi connectivity index (χ1) is 3.12. The number of rotatable bonds is 2. The summed E-state index contributed by atoms with van der Waals surface area (Å²) in [5.41, 5.74) is -0.639. The second-order valence-electron chi connectivity index (χ2n) is 2.44. The molecule has 0 atom stereocenters. The van der Waals surface area contributed by atoms with Crippen LogP contribution in [0.4, 0.5) is 4.39 Å². The van der Waals surface area contributed by atoms with Gasteiger partial charge in [-0.25, -0.2) is 5.11 Å². The SMILES string of the molecule is CC(C)(C[O])CF. The van der Waals surface area contributed by atoms with Gasteiger partial charge in [0.05, 0.1) is 13.3 Å². The fourth-order valence-electron chi connectivity index (χ4n) is 0.0386. The first-order valence-corrected chi connectivity index (χ1v) is 2.26. The molecule has 0 aliphatic carbocycles. The molecular weight excluding hydrogens is 95.1 g/mol. The molecule has 0 aromatic carbocycles. The molecule has 2 heteroatoms. The van der Waals surface area contributed by atoms with E-state index in [4.69, 9.17) is 0 Å². The van der Waals surface area contributed by atoms with Crippen LogP contribution in [0, 0.1) is 5.41 Å². The second-order valence-corrected chi connectivity index (χ2v) is 2.44. The van der Waals surface area contributed by atoms with E-state index in [0.717, 1.165) is 0 Å². The maximum atomic E-state index is 11.6. The van der Waals surface area contributed by atoms with E-state index in [1.807, 2.05) is 0 Å². The average Bonchev–Trinajstić information content (AvgIpc) is 1.68. The van der Waals surface area contributed by atoms with Crippen molar-refractivity contribution in [3.05, 3.63) is 0 Å². The van der Waals surface area contributed by atoms with Gasteiger partial charge in [0.1, 0.15) is 0 Å². The van der Waals surface area contributed by atoms with E-state index in [-0.39, 0.29) is 6.61 Å². The Morgan fingerprint density at radius 3 is 2.00 bits per heavy atom. The molecule has 43 valence electrons. The first-order valence-electron chi connectivity index (χ1n) is 2.26. The predicted molar refractivity (Wildman–Crippen MR) is 25.3 cm³/mol. The lowest BCUT2D eigenvalue weighted by Gasteiger charge is -2.13. The van der Waals surface area contributed by atoms with Crippen molar-refractivity contribution in [3.8, 4) is 0 Å². The molecule has 7 heavy (non-hydrogen) atoms. The maximum absolute atomic E-state index is 11.6. The molecule has 0 unspecified atom stereocenters. The van der Waals surface area contributed by atoms with Crippen molar-refractivity contribution in [1.29, 1.82) is 0 Å². The minimum Gasteiger partial charge on any atom is -0.250 e. The summed E-state index contributed by atoms with van der Waals surface area (Å²) in [7, 11) is 0. The van der Waals surface area contributed by atoms with E-state index in [0.29, 0.717) is 0 Å². The molecular formula is C5H10FO. The van der Waals surface area contributed by atoms with E-state index in [1.165, 1.54) is 0 Å². The number of hydrogen-bond donors (Lipinski definition) is 0. The van der Waals surface area contributed by atoms with Crippen molar-refractivity contribution in [1.82, 2.24) is 0 Å². The van der Waals surface area contributed by atoms with Crippen LogP contribution < -0.4 is 0 Å². The molecule has 0 spiro atoms. The zero-order chi connectivity index (χ0) is 5.91. The summed E-state index contributed by atoms with van der Waals surface area (Å²) in [6, 6.07) is 0. The smallest absolute Gasteiger partial charge is 0.0968 e. The molecule has 0 fully saturated rings. The molecule has 0 heterocycles. The van der Waals surface area contributed by atoms with Crippen LogP contribution in [0.15, 0.2) is 0 Å². The summed E-state index contributed by atoms with van der Waals surface area (Å²) in [5, 5.41) is 9.94. The van der Waals surface area contributed by atoms with Gasteiger partial charge in [-0.1, -0.05) is 13.8 Å². The quantitative estimate of drug-likeness (QED) is 0.506. The molecule has 0 amide bonds. The molecule has 0 bridgehead atoms. The molecule has 0 saturated carbocycles. The van der Waals surface area contributed by atoms with E-state index >= 15 is 0 Å². The lowest BCUT2D eigenvalue weighted by molar-refractivity contribution is 0.0739. The summed E-state index contributed by atoms with van der Waals surface area (Å²) in [6.07, 6.45) is 0. The Labute approximate surface area is 43.2 Å². The van der Waals surface area contributed by atoms with Crippen LogP contribution in [0.2, 0.25) is 0 Å². The molecule has 0 N–H and O–H groups in total. The zero-order valence-corrected chi connectivity index (χ0v) is 4.70. The van der Waals surface area contributed by atoms with Crippen LogP contribution >= 0.6 is 0 Å². The normalized spacial score (nSPS) is 12.0. The van der Waals surface area contributed by atoms with Gasteiger partial charge in [-0.2, -0.15) is 0 Å². The van der Waals surface area contributed by atoms with Gasteiger partial charge in [-0.3, -0.25) is 4.39 Å². The van der Waals surface area contributed by atoms with Gasteiger partial charge in [0.25, 0.3) is 0 Å². The fraction of sp³-hybridized carbons (Fsp3) is 1.00. The maximum Gasteiger partial charge on any atom is 0.0968 e. The summed E-state index contributed by atoms with van der Waals surface area (Å²) in [4.78, 5) is 0. The van der Waals surface area contributed by atoms with Crippen LogP contribution in [-0.4, -0.2) is 13.3 Å². The molecule has 0 rings (SSSR count). The third kappa shape index (κ3) is 2.57. The Morgan fingerprint density at radius 1 is 1.57 bits per heavy atom. The van der Waals surface area contributed by atoms with Crippen molar-refractivity contribution in [3.63, 3.8) is 0 Å². The van der Waals surface area contributed by atoms with Crippen LogP contribution in [0.25, 0.3) is 0 Å². The monoisotopic (exact) mass is 105 g/mol. The minimum absolute atomic E-state index is 0.330. The number of alkyl halides is 1. The molecule has 0 aromatic heterocycles. The van der Waals surface area contributed by atoms with Crippen LogP contribution in [0.3, 0.4) is 0 Å². The third-order valence-electron chi connectivity index (χ3n) is 0.752. The van der Waals surface area contributed by atoms with Crippen molar-refractivity contribution in [2.24, 2.45) is 5.41 Å². The Kier molecular flexibility index (Phi) is 2.23. The summed E-state index contributed by atoms with van der Waals surface area (Å²) < 4.78 is 11.6. The average molecular weight is 105 g/mol. The molecule has 1 nitrogen and oxygen atoms in total. The highest BCUT2D eigenvalue weighted by atomic mass is 19.1. The molecule has 0 aliphatic rings.